The molecule has 1 atom stereocenters. The quantitative estimate of drug-likeness (QED) is 0.774. The molecule has 0 aliphatic carbocycles. The summed E-state index contributed by atoms with van der Waals surface area (Å²) < 4.78 is 6.99. The van der Waals surface area contributed by atoms with Crippen LogP contribution in [0.5, 0.6) is 0 Å². The third-order valence-corrected chi connectivity index (χ3v) is 4.18. The predicted octanol–water partition coefficient (Wildman–Crippen LogP) is 2.02. The summed E-state index contributed by atoms with van der Waals surface area (Å²) >= 11 is 0. The second-order valence-electron chi connectivity index (χ2n) is 5.79. The van der Waals surface area contributed by atoms with Crippen LogP contribution < -0.4 is 10.9 Å². The van der Waals surface area contributed by atoms with Gasteiger partial charge in [0.1, 0.15) is 5.76 Å². The van der Waals surface area contributed by atoms with E-state index in [0.29, 0.717) is 5.76 Å². The summed E-state index contributed by atoms with van der Waals surface area (Å²) in [6, 6.07) is 8.14. The van der Waals surface area contributed by atoms with Crippen molar-refractivity contribution in [1.29, 1.82) is 0 Å². The number of rotatable bonds is 8. The van der Waals surface area contributed by atoms with E-state index >= 15 is 0 Å². The lowest BCUT2D eigenvalue weighted by Crippen LogP contribution is -2.35. The first-order valence-electron chi connectivity index (χ1n) is 8.25. The third-order valence-electron chi connectivity index (χ3n) is 4.18. The van der Waals surface area contributed by atoms with Crippen LogP contribution in [0.3, 0.4) is 0 Å². The van der Waals surface area contributed by atoms with Gasteiger partial charge < -0.3 is 19.4 Å². The lowest BCUT2D eigenvalue weighted by atomic mass is 9.96. The molecule has 2 heterocycles. The summed E-state index contributed by atoms with van der Waals surface area (Å²) in [7, 11) is 0. The van der Waals surface area contributed by atoms with Crippen molar-refractivity contribution in [3.8, 4) is 0 Å². The highest BCUT2D eigenvalue weighted by molar-refractivity contribution is 5.91. The molecule has 6 nitrogen and oxygen atoms in total. The summed E-state index contributed by atoms with van der Waals surface area (Å²) in [6.45, 7) is 4.50. The Bertz CT molecular complexity index is 716. The lowest BCUT2D eigenvalue weighted by molar-refractivity contribution is 0.0795. The van der Waals surface area contributed by atoms with Gasteiger partial charge in [-0.15, -0.1) is 0 Å². The maximum atomic E-state index is 12.1. The number of aliphatic hydroxyl groups is 1. The number of pyridine rings is 1. The summed E-state index contributed by atoms with van der Waals surface area (Å²) in [5.41, 5.74) is -0.131. The number of nitrogens with zero attached hydrogens (tertiary/aromatic N) is 1. The monoisotopic (exact) mass is 332 g/mol. The molecule has 0 fully saturated rings. The number of carbonyl (C=O) groups excluding carboxylic acids is 1. The van der Waals surface area contributed by atoms with Gasteiger partial charge >= 0.3 is 0 Å². The van der Waals surface area contributed by atoms with Gasteiger partial charge in [-0.2, -0.15) is 0 Å². The molecule has 130 valence electrons. The van der Waals surface area contributed by atoms with Crippen molar-refractivity contribution in [3.63, 3.8) is 0 Å². The molecule has 2 rings (SSSR count). The number of nitrogens with one attached hydrogen (secondary N) is 1. The SMILES string of the molecule is CCC(CC)C(O)CNC(=O)c1ccc(Cn2ccccc2=O)o1. The summed E-state index contributed by atoms with van der Waals surface area (Å²) in [5.74, 6) is 0.494. The Kier molecular flexibility index (Phi) is 6.37. The Balaban J connectivity index is 1.94. The molecule has 1 unspecified atom stereocenters. The van der Waals surface area contributed by atoms with Gasteiger partial charge in [0, 0.05) is 18.8 Å². The fourth-order valence-electron chi connectivity index (χ4n) is 2.63. The summed E-state index contributed by atoms with van der Waals surface area (Å²) in [6.07, 6.45) is 2.83. The van der Waals surface area contributed by atoms with E-state index in [9.17, 15) is 14.7 Å². The molecular weight excluding hydrogens is 308 g/mol. The van der Waals surface area contributed by atoms with Crippen LogP contribution in [-0.4, -0.2) is 28.2 Å². The third kappa shape index (κ3) is 4.58. The first kappa shape index (κ1) is 18.0. The normalized spacial score (nSPS) is 12.3. The van der Waals surface area contributed by atoms with Crippen molar-refractivity contribution in [3.05, 3.63) is 58.4 Å². The van der Waals surface area contributed by atoms with Gasteiger partial charge in [-0.05, 0) is 24.1 Å². The molecule has 0 saturated carbocycles. The number of aliphatic hydroxyl groups excluding tert-OH is 1. The van der Waals surface area contributed by atoms with E-state index in [-0.39, 0.29) is 36.2 Å². The molecule has 0 saturated heterocycles. The number of aromatic nitrogens is 1. The molecule has 24 heavy (non-hydrogen) atoms. The highest BCUT2D eigenvalue weighted by atomic mass is 16.4. The molecule has 0 aromatic carbocycles. The highest BCUT2D eigenvalue weighted by Crippen LogP contribution is 2.13. The topological polar surface area (TPSA) is 84.5 Å². The Labute approximate surface area is 141 Å². The molecule has 0 radical (unpaired) electrons. The first-order valence-corrected chi connectivity index (χ1v) is 8.25. The number of furan rings is 1. The van der Waals surface area contributed by atoms with E-state index in [1.54, 1.807) is 30.5 Å². The molecule has 2 aromatic rings. The Morgan fingerprint density at radius 3 is 2.67 bits per heavy atom. The molecule has 0 bridgehead atoms. The number of hydrogen-bond acceptors (Lipinski definition) is 4. The van der Waals surface area contributed by atoms with E-state index in [1.807, 2.05) is 13.8 Å². The predicted molar refractivity (Wildman–Crippen MR) is 90.9 cm³/mol. The first-order chi connectivity index (χ1) is 11.5. The van der Waals surface area contributed by atoms with Gasteiger partial charge in [0.25, 0.3) is 11.5 Å². The highest BCUT2D eigenvalue weighted by Gasteiger charge is 2.18. The molecule has 1 amide bonds. The van der Waals surface area contributed by atoms with E-state index in [1.165, 1.54) is 10.6 Å². The molecule has 6 heteroatoms. The van der Waals surface area contributed by atoms with Crippen LogP contribution in [0, 0.1) is 5.92 Å². The Morgan fingerprint density at radius 2 is 2.00 bits per heavy atom. The van der Waals surface area contributed by atoms with Crippen molar-refractivity contribution in [1.82, 2.24) is 9.88 Å². The average Bonchev–Trinajstić information content (AvgIpc) is 3.04. The number of hydrogen-bond donors (Lipinski definition) is 2. The van der Waals surface area contributed by atoms with Crippen LogP contribution in [0.4, 0.5) is 0 Å². The van der Waals surface area contributed by atoms with Gasteiger partial charge in [0.05, 0.1) is 12.6 Å². The van der Waals surface area contributed by atoms with Gasteiger partial charge in [-0.1, -0.05) is 32.8 Å². The van der Waals surface area contributed by atoms with Crippen LogP contribution in [0.25, 0.3) is 0 Å². The molecule has 2 N–H and O–H groups in total. The standard InChI is InChI=1S/C18H24N2O4/c1-3-13(4-2)15(21)11-19-18(23)16-9-8-14(24-16)12-20-10-6-5-7-17(20)22/h5-10,13,15,21H,3-4,11-12H2,1-2H3,(H,19,23). The Hall–Kier alpha value is -2.34. The number of carbonyl (C=O) groups is 1. The fraction of sp³-hybridized carbons (Fsp3) is 0.444. The molecule has 0 spiro atoms. The van der Waals surface area contributed by atoms with Gasteiger partial charge in [-0.25, -0.2) is 0 Å². The van der Waals surface area contributed by atoms with Crippen molar-refractivity contribution >= 4 is 5.91 Å². The minimum Gasteiger partial charge on any atom is -0.454 e. The minimum absolute atomic E-state index is 0.131. The summed E-state index contributed by atoms with van der Waals surface area (Å²) in [4.78, 5) is 23.8. The van der Waals surface area contributed by atoms with Crippen molar-refractivity contribution in [2.75, 3.05) is 6.54 Å². The average molecular weight is 332 g/mol. The zero-order valence-corrected chi connectivity index (χ0v) is 14.1. The van der Waals surface area contributed by atoms with E-state index in [0.717, 1.165) is 12.8 Å². The second-order valence-corrected chi connectivity index (χ2v) is 5.79. The summed E-state index contributed by atoms with van der Waals surface area (Å²) in [5, 5.41) is 12.7. The van der Waals surface area contributed by atoms with E-state index in [4.69, 9.17) is 4.42 Å². The fourth-order valence-corrected chi connectivity index (χ4v) is 2.63. The zero-order chi connectivity index (χ0) is 17.5. The smallest absolute Gasteiger partial charge is 0.287 e. The molecule has 0 aliphatic heterocycles. The van der Waals surface area contributed by atoms with Crippen LogP contribution in [0.2, 0.25) is 0 Å². The van der Waals surface area contributed by atoms with Crippen LogP contribution in [0.15, 0.2) is 45.7 Å². The maximum absolute atomic E-state index is 12.1. The Morgan fingerprint density at radius 1 is 1.25 bits per heavy atom. The van der Waals surface area contributed by atoms with Gasteiger partial charge in [0.15, 0.2) is 5.76 Å². The second kappa shape index (κ2) is 8.49. The number of amides is 1. The van der Waals surface area contributed by atoms with Crippen LogP contribution in [-0.2, 0) is 6.54 Å². The van der Waals surface area contributed by atoms with Gasteiger partial charge in [0.2, 0.25) is 0 Å². The maximum Gasteiger partial charge on any atom is 0.287 e. The van der Waals surface area contributed by atoms with Crippen molar-refractivity contribution in [2.45, 2.75) is 39.3 Å². The van der Waals surface area contributed by atoms with E-state index < -0.39 is 6.10 Å². The minimum atomic E-state index is -0.568. The van der Waals surface area contributed by atoms with Crippen LogP contribution in [0.1, 0.15) is 43.0 Å². The van der Waals surface area contributed by atoms with E-state index in [2.05, 4.69) is 5.32 Å². The molecular formula is C18H24N2O4. The largest absolute Gasteiger partial charge is 0.454 e. The zero-order valence-electron chi connectivity index (χ0n) is 14.1. The molecule has 2 aromatic heterocycles. The van der Waals surface area contributed by atoms with Gasteiger partial charge in [-0.3, -0.25) is 9.59 Å². The van der Waals surface area contributed by atoms with Crippen molar-refractivity contribution < 1.29 is 14.3 Å². The molecule has 0 aliphatic rings. The van der Waals surface area contributed by atoms with Crippen LogP contribution >= 0.6 is 0 Å². The lowest BCUT2D eigenvalue weighted by Gasteiger charge is -2.19. The van der Waals surface area contributed by atoms with Crippen molar-refractivity contribution in [2.24, 2.45) is 5.92 Å².